The average molecular weight is 1020 g/mol. The van der Waals surface area contributed by atoms with E-state index >= 15 is 0 Å². The van der Waals surface area contributed by atoms with Gasteiger partial charge in [-0.25, -0.2) is 0 Å². The Kier molecular flexibility index (Phi) is 8.90. The van der Waals surface area contributed by atoms with Gasteiger partial charge < -0.3 is 18.5 Å². The highest BCUT2D eigenvalue weighted by atomic mass is 32.2. The van der Waals surface area contributed by atoms with Gasteiger partial charge in [-0.2, -0.15) is 5.26 Å². The average Bonchev–Trinajstić information content (AvgIpc) is 4.39. The number of nitrogens with zero attached hydrogens (tertiary/aromatic N) is 2. The number of benzene rings is 11. The summed E-state index contributed by atoms with van der Waals surface area (Å²) in [5.41, 5.74) is 15.1. The van der Waals surface area contributed by atoms with E-state index in [2.05, 4.69) is 187 Å². The molecule has 76 heavy (non-hydrogen) atoms. The van der Waals surface area contributed by atoms with E-state index in [1.807, 2.05) is 70.8 Å². The summed E-state index contributed by atoms with van der Waals surface area (Å²) >= 11 is 5.47. The van der Waals surface area contributed by atoms with Gasteiger partial charge in [-0.15, -0.1) is 22.7 Å². The number of fused-ring (bicyclic) bond motifs is 18. The molecule has 0 atom stereocenters. The van der Waals surface area contributed by atoms with Crippen LogP contribution in [0.5, 0.6) is 11.5 Å². The van der Waals surface area contributed by atoms with Crippen LogP contribution in [0.25, 0.3) is 106 Å². The first-order valence-corrected chi connectivity index (χ1v) is 27.7. The molecular formula is C67H35BN2O3S3. The highest BCUT2D eigenvalue weighted by Crippen LogP contribution is 2.48. The van der Waals surface area contributed by atoms with Crippen molar-refractivity contribution in [2.75, 3.05) is 4.90 Å². The number of rotatable bonds is 5. The molecule has 0 radical (unpaired) electrons. The first kappa shape index (κ1) is 42.3. The molecule has 0 unspecified atom stereocenters. The lowest BCUT2D eigenvalue weighted by molar-refractivity contribution is 0.486. The summed E-state index contributed by atoms with van der Waals surface area (Å²) in [5.74, 6) is 1.70. The quantitative estimate of drug-likeness (QED) is 0.160. The molecule has 2 aliphatic heterocycles. The van der Waals surface area contributed by atoms with Crippen LogP contribution in [0.3, 0.4) is 0 Å². The van der Waals surface area contributed by atoms with Gasteiger partial charge in [-0.3, -0.25) is 0 Å². The molecule has 5 nitrogen and oxygen atoms in total. The van der Waals surface area contributed by atoms with Crippen molar-refractivity contribution >= 4 is 159 Å². The summed E-state index contributed by atoms with van der Waals surface area (Å²) in [5, 5.41) is 19.3. The van der Waals surface area contributed by atoms with Crippen molar-refractivity contribution in [2.45, 2.75) is 9.79 Å². The lowest BCUT2D eigenvalue weighted by atomic mass is 9.35. The Labute approximate surface area is 447 Å². The maximum absolute atomic E-state index is 9.70. The molecule has 0 fully saturated rings. The summed E-state index contributed by atoms with van der Waals surface area (Å²) < 4.78 is 25.5. The number of thiophene rings is 2. The molecule has 0 saturated heterocycles. The third-order valence-electron chi connectivity index (χ3n) is 15.6. The van der Waals surface area contributed by atoms with Crippen molar-refractivity contribution in [3.8, 4) is 39.8 Å². The lowest BCUT2D eigenvalue weighted by Crippen LogP contribution is -2.57. The maximum Gasteiger partial charge on any atom is 0.253 e. The number of nitriles is 1. The Hall–Kier alpha value is -9.04. The fourth-order valence-electron chi connectivity index (χ4n) is 12.3. The highest BCUT2D eigenvalue weighted by molar-refractivity contribution is 8.00. The number of furan rings is 2. The Balaban J connectivity index is 0.841. The molecule has 0 amide bonds. The van der Waals surface area contributed by atoms with Crippen LogP contribution < -0.4 is 26.0 Å². The van der Waals surface area contributed by atoms with Crippen LogP contribution in [0.1, 0.15) is 5.56 Å². The molecule has 0 N–H and O–H groups in total. The SMILES string of the molecule is N#Cc1ccc(N(c2ccccc2)c2ccc3c(c2)Sc2cc(-c4ccc5c(c4)sc4ccc6oc7ccccc7c6c45)cc4c2B3c2ccc(-c3cccc5c3oc3ccc6sc7ccccc7c6c35)cc2O4)cc1. The normalized spacial score (nSPS) is 12.8. The second kappa shape index (κ2) is 16.0. The van der Waals surface area contributed by atoms with Crippen LogP contribution in [0, 0.1) is 11.3 Å². The number of hydrogen-bond donors (Lipinski definition) is 0. The third-order valence-corrected chi connectivity index (χ3v) is 19.0. The number of para-hydroxylation sites is 3. The number of ether oxygens (including phenoxy) is 1. The summed E-state index contributed by atoms with van der Waals surface area (Å²) in [6.45, 7) is -0.0818. The molecule has 17 rings (SSSR count). The third kappa shape index (κ3) is 6.15. The molecular weight excluding hydrogens is 988 g/mol. The monoisotopic (exact) mass is 1020 g/mol. The number of hydrogen-bond acceptors (Lipinski definition) is 8. The van der Waals surface area contributed by atoms with E-state index in [9.17, 15) is 5.26 Å². The molecule has 352 valence electrons. The standard InChI is InChI=1S/C67H35BN2O3S3/c69-36-37-17-21-42(22-18-37)70(41-9-2-1-3-10-41)43-23-26-50-60(35-43)76-61-34-40(38-19-24-47-59(33-38)75-58-29-27-52-62(65(47)58)45-11-4-6-15-51(45)71-52)32-55-66(61)68(50)49-25-20-39(31-54(49)72-55)44-13-8-14-48-63-53(73-67(44)48)28-30-57-64(63)46-12-5-7-16-56(46)74-57/h1-35H. The van der Waals surface area contributed by atoms with Crippen molar-refractivity contribution in [2.24, 2.45) is 0 Å². The van der Waals surface area contributed by atoms with E-state index in [-0.39, 0.29) is 6.71 Å². The van der Waals surface area contributed by atoms with Crippen LogP contribution in [0.4, 0.5) is 17.1 Å². The van der Waals surface area contributed by atoms with Crippen molar-refractivity contribution in [3.63, 3.8) is 0 Å². The highest BCUT2D eigenvalue weighted by Gasteiger charge is 2.40. The predicted octanol–water partition coefficient (Wildman–Crippen LogP) is 18.0. The van der Waals surface area contributed by atoms with E-state index in [1.54, 1.807) is 0 Å². The molecule has 0 aliphatic carbocycles. The second-order valence-corrected chi connectivity index (χ2v) is 23.0. The molecule has 15 aromatic rings. The van der Waals surface area contributed by atoms with Crippen molar-refractivity contribution < 1.29 is 13.6 Å². The van der Waals surface area contributed by atoms with Crippen LogP contribution in [0.2, 0.25) is 0 Å². The van der Waals surface area contributed by atoms with Crippen LogP contribution in [-0.4, -0.2) is 6.71 Å². The molecule has 4 aromatic heterocycles. The Morgan fingerprint density at radius 3 is 1.96 bits per heavy atom. The zero-order valence-electron chi connectivity index (χ0n) is 40.1. The topological polar surface area (TPSA) is 62.5 Å². The van der Waals surface area contributed by atoms with Gasteiger partial charge in [0, 0.05) is 94.3 Å². The van der Waals surface area contributed by atoms with Gasteiger partial charge in [-0.05, 0) is 137 Å². The molecule has 0 bridgehead atoms. The van der Waals surface area contributed by atoms with E-state index in [0.29, 0.717) is 5.56 Å². The van der Waals surface area contributed by atoms with Crippen LogP contribution in [-0.2, 0) is 0 Å². The number of anilines is 3. The van der Waals surface area contributed by atoms with E-state index in [1.165, 1.54) is 66.4 Å². The van der Waals surface area contributed by atoms with Crippen molar-refractivity contribution in [1.29, 1.82) is 5.26 Å². The summed E-state index contributed by atoms with van der Waals surface area (Å²) in [4.78, 5) is 4.62. The largest absolute Gasteiger partial charge is 0.458 e. The predicted molar refractivity (Wildman–Crippen MR) is 319 cm³/mol. The van der Waals surface area contributed by atoms with Gasteiger partial charge in [0.15, 0.2) is 0 Å². The zero-order chi connectivity index (χ0) is 49.8. The summed E-state index contributed by atoms with van der Waals surface area (Å²) in [6.07, 6.45) is 0. The van der Waals surface area contributed by atoms with Gasteiger partial charge >= 0.3 is 0 Å². The molecule has 0 spiro atoms. The van der Waals surface area contributed by atoms with Crippen molar-refractivity contribution in [1.82, 2.24) is 0 Å². The smallest absolute Gasteiger partial charge is 0.253 e. The van der Waals surface area contributed by atoms with Gasteiger partial charge in [0.25, 0.3) is 6.71 Å². The van der Waals surface area contributed by atoms with Gasteiger partial charge in [0.1, 0.15) is 33.8 Å². The second-order valence-electron chi connectivity index (χ2n) is 19.7. The molecule has 11 aromatic carbocycles. The first-order chi connectivity index (χ1) is 37.6. The van der Waals surface area contributed by atoms with Crippen LogP contribution >= 0.6 is 34.4 Å². The Morgan fingerprint density at radius 1 is 0.421 bits per heavy atom. The fourth-order valence-corrected chi connectivity index (χ4v) is 15.8. The minimum atomic E-state index is -0.0818. The lowest BCUT2D eigenvalue weighted by Gasteiger charge is -2.34. The molecule has 9 heteroatoms. The molecule has 6 heterocycles. The van der Waals surface area contributed by atoms with E-state index in [0.717, 1.165) is 94.8 Å². The van der Waals surface area contributed by atoms with E-state index in [4.69, 9.17) is 13.6 Å². The minimum absolute atomic E-state index is 0.0818. The Morgan fingerprint density at radius 2 is 1.11 bits per heavy atom. The van der Waals surface area contributed by atoms with Gasteiger partial charge in [0.05, 0.1) is 11.6 Å². The van der Waals surface area contributed by atoms with Gasteiger partial charge in [0.2, 0.25) is 0 Å². The van der Waals surface area contributed by atoms with E-state index < -0.39 is 0 Å². The summed E-state index contributed by atoms with van der Waals surface area (Å²) in [6, 6.07) is 78.0. The zero-order valence-corrected chi connectivity index (χ0v) is 42.6. The molecule has 2 aliphatic rings. The maximum atomic E-state index is 9.70. The van der Waals surface area contributed by atoms with Gasteiger partial charge in [-0.1, -0.05) is 120 Å². The Bertz CT molecular complexity index is 5040. The minimum Gasteiger partial charge on any atom is -0.458 e. The fraction of sp³-hybridized carbons (Fsp3) is 0. The summed E-state index contributed by atoms with van der Waals surface area (Å²) in [7, 11) is 0. The van der Waals surface area contributed by atoms with Crippen LogP contribution in [0.15, 0.2) is 231 Å². The van der Waals surface area contributed by atoms with Crippen molar-refractivity contribution in [3.05, 3.63) is 218 Å². The first-order valence-electron chi connectivity index (χ1n) is 25.3. The molecule has 0 saturated carbocycles.